The van der Waals surface area contributed by atoms with Crippen molar-refractivity contribution in [2.24, 2.45) is 0 Å². The molecule has 0 unspecified atom stereocenters. The maximum atomic E-state index is 13.2. The molecule has 0 atom stereocenters. The molecule has 0 saturated carbocycles. The van der Waals surface area contributed by atoms with Gasteiger partial charge >= 0.3 is 6.03 Å². The van der Waals surface area contributed by atoms with E-state index in [1.807, 2.05) is 57.2 Å². The van der Waals surface area contributed by atoms with Crippen LogP contribution in [0.5, 0.6) is 0 Å². The van der Waals surface area contributed by atoms with Crippen LogP contribution < -0.4 is 15.1 Å². The molecule has 31 heavy (non-hydrogen) atoms. The van der Waals surface area contributed by atoms with Crippen LogP contribution in [-0.2, 0) is 14.3 Å². The summed E-state index contributed by atoms with van der Waals surface area (Å²) in [6, 6.07) is 10.7. The van der Waals surface area contributed by atoms with Gasteiger partial charge in [-0.2, -0.15) is 0 Å². The van der Waals surface area contributed by atoms with Crippen LogP contribution in [0.25, 0.3) is 6.08 Å². The van der Waals surface area contributed by atoms with Gasteiger partial charge in [-0.1, -0.05) is 29.8 Å². The number of benzene rings is 2. The van der Waals surface area contributed by atoms with E-state index in [4.69, 9.17) is 4.74 Å². The predicted molar refractivity (Wildman–Crippen MR) is 119 cm³/mol. The molecule has 0 bridgehead atoms. The second-order valence-corrected chi connectivity index (χ2v) is 7.90. The fourth-order valence-corrected chi connectivity index (χ4v) is 4.16. The van der Waals surface area contributed by atoms with Gasteiger partial charge in [0.1, 0.15) is 5.57 Å². The summed E-state index contributed by atoms with van der Waals surface area (Å²) in [5, 5.41) is 2.30. The maximum Gasteiger partial charge on any atom is 0.335 e. The minimum Gasteiger partial charge on any atom is -0.378 e. The molecule has 160 valence electrons. The zero-order valence-corrected chi connectivity index (χ0v) is 17.9. The fraction of sp³-hybridized carbons (Fsp3) is 0.292. The largest absolute Gasteiger partial charge is 0.378 e. The lowest BCUT2D eigenvalue weighted by Crippen LogP contribution is -2.54. The van der Waals surface area contributed by atoms with Crippen LogP contribution in [0.15, 0.2) is 42.0 Å². The lowest BCUT2D eigenvalue weighted by Gasteiger charge is -2.29. The van der Waals surface area contributed by atoms with E-state index in [-0.39, 0.29) is 5.57 Å². The first-order valence-electron chi connectivity index (χ1n) is 10.3. The third-order valence-corrected chi connectivity index (χ3v) is 5.54. The third-order valence-electron chi connectivity index (χ3n) is 5.54. The summed E-state index contributed by atoms with van der Waals surface area (Å²) in [5.41, 5.74) is 4.84. The van der Waals surface area contributed by atoms with E-state index in [1.54, 1.807) is 0 Å². The average Bonchev–Trinajstić information content (AvgIpc) is 2.74. The van der Waals surface area contributed by atoms with Gasteiger partial charge in [-0.25, -0.2) is 9.69 Å². The minimum absolute atomic E-state index is 0.0712. The first-order valence-corrected chi connectivity index (χ1v) is 10.3. The van der Waals surface area contributed by atoms with E-state index in [9.17, 15) is 14.4 Å². The molecule has 7 heteroatoms. The van der Waals surface area contributed by atoms with Crippen molar-refractivity contribution in [1.82, 2.24) is 5.32 Å². The Bertz CT molecular complexity index is 1060. The molecule has 2 aliphatic rings. The number of ether oxygens (including phenoxy) is 1. The Kier molecular flexibility index (Phi) is 5.61. The number of nitrogens with one attached hydrogen (secondary N) is 1. The summed E-state index contributed by atoms with van der Waals surface area (Å²) in [6.07, 6.45) is 1.53. The molecular weight excluding hydrogens is 394 g/mol. The zero-order valence-electron chi connectivity index (χ0n) is 17.9. The number of hydrogen-bond acceptors (Lipinski definition) is 5. The van der Waals surface area contributed by atoms with E-state index < -0.39 is 17.8 Å². The van der Waals surface area contributed by atoms with Gasteiger partial charge in [0.2, 0.25) is 0 Å². The Morgan fingerprint density at radius 1 is 0.935 bits per heavy atom. The SMILES string of the molecule is Cc1cc(C)c(N2C(=O)NC(=O)/C(=C\c3ccc(N4CCOCC4)cc3)C2=O)c(C)c1. The molecule has 7 nitrogen and oxygen atoms in total. The summed E-state index contributed by atoms with van der Waals surface area (Å²) >= 11 is 0. The Morgan fingerprint density at radius 3 is 2.16 bits per heavy atom. The summed E-state index contributed by atoms with van der Waals surface area (Å²) in [6.45, 7) is 8.70. The van der Waals surface area contributed by atoms with Gasteiger partial charge in [-0.05, 0) is 55.7 Å². The van der Waals surface area contributed by atoms with Crippen molar-refractivity contribution in [1.29, 1.82) is 0 Å². The smallest absolute Gasteiger partial charge is 0.335 e. The van der Waals surface area contributed by atoms with Gasteiger partial charge in [0.25, 0.3) is 11.8 Å². The third kappa shape index (κ3) is 4.09. The standard InChI is InChI=1S/C24H25N3O4/c1-15-12-16(2)21(17(3)13-15)27-23(29)20(22(28)25-24(27)30)14-18-4-6-19(7-5-18)26-8-10-31-11-9-26/h4-7,12-14H,8-11H2,1-3H3,(H,25,28,30)/b20-14+. The van der Waals surface area contributed by atoms with E-state index in [1.165, 1.54) is 6.08 Å². The van der Waals surface area contributed by atoms with Crippen molar-refractivity contribution in [3.63, 3.8) is 0 Å². The van der Waals surface area contributed by atoms with Crippen LogP contribution in [-0.4, -0.2) is 44.1 Å². The minimum atomic E-state index is -0.732. The van der Waals surface area contributed by atoms with Crippen LogP contribution >= 0.6 is 0 Å². The van der Waals surface area contributed by atoms with Crippen molar-refractivity contribution >= 4 is 35.3 Å². The highest BCUT2D eigenvalue weighted by atomic mass is 16.5. The molecule has 2 saturated heterocycles. The summed E-state index contributed by atoms with van der Waals surface area (Å²) < 4.78 is 5.38. The number of morpholine rings is 1. The van der Waals surface area contributed by atoms with Crippen molar-refractivity contribution in [2.75, 3.05) is 36.1 Å². The molecule has 2 aromatic carbocycles. The quantitative estimate of drug-likeness (QED) is 0.611. The number of anilines is 2. The van der Waals surface area contributed by atoms with Crippen molar-refractivity contribution in [3.8, 4) is 0 Å². The van der Waals surface area contributed by atoms with Crippen molar-refractivity contribution in [3.05, 3.63) is 64.2 Å². The first kappa shape index (κ1) is 20.8. The second kappa shape index (κ2) is 8.35. The van der Waals surface area contributed by atoms with Gasteiger partial charge in [0.05, 0.1) is 18.9 Å². The van der Waals surface area contributed by atoms with E-state index in [2.05, 4.69) is 10.2 Å². The summed E-state index contributed by atoms with van der Waals surface area (Å²) in [4.78, 5) is 41.5. The molecule has 0 radical (unpaired) electrons. The molecule has 4 amide bonds. The Morgan fingerprint density at radius 2 is 1.55 bits per heavy atom. The molecular formula is C24H25N3O4. The molecule has 4 rings (SSSR count). The number of carbonyl (C=O) groups excluding carboxylic acids is 3. The molecule has 0 spiro atoms. The van der Waals surface area contributed by atoms with E-state index in [0.717, 1.165) is 40.4 Å². The molecule has 0 aliphatic carbocycles. The molecule has 2 aliphatic heterocycles. The first-order chi connectivity index (χ1) is 14.8. The monoisotopic (exact) mass is 419 g/mol. The summed E-state index contributed by atoms with van der Waals surface area (Å²) in [5.74, 6) is -1.31. The van der Waals surface area contributed by atoms with E-state index >= 15 is 0 Å². The normalized spacial score (nSPS) is 18.5. The Labute approximate surface area is 181 Å². The molecule has 1 N–H and O–H groups in total. The number of urea groups is 1. The maximum absolute atomic E-state index is 13.2. The van der Waals surface area contributed by atoms with Gasteiger partial charge in [-0.15, -0.1) is 0 Å². The zero-order chi connectivity index (χ0) is 22.1. The molecule has 2 aromatic rings. The highest BCUT2D eigenvalue weighted by Gasteiger charge is 2.38. The topological polar surface area (TPSA) is 79.0 Å². The van der Waals surface area contributed by atoms with Crippen LogP contribution in [0, 0.1) is 20.8 Å². The lowest BCUT2D eigenvalue weighted by atomic mass is 10.0. The number of imide groups is 2. The number of hydrogen-bond donors (Lipinski definition) is 1. The van der Waals surface area contributed by atoms with Crippen LogP contribution in [0.1, 0.15) is 22.3 Å². The Hall–Kier alpha value is -3.45. The summed E-state index contributed by atoms with van der Waals surface area (Å²) in [7, 11) is 0. The van der Waals surface area contributed by atoms with E-state index in [0.29, 0.717) is 24.5 Å². The van der Waals surface area contributed by atoms with Crippen LogP contribution in [0.4, 0.5) is 16.2 Å². The average molecular weight is 419 g/mol. The van der Waals surface area contributed by atoms with Gasteiger partial charge in [0, 0.05) is 18.8 Å². The van der Waals surface area contributed by atoms with Crippen LogP contribution in [0.2, 0.25) is 0 Å². The van der Waals surface area contributed by atoms with Gasteiger partial charge < -0.3 is 9.64 Å². The molecule has 2 fully saturated rings. The lowest BCUT2D eigenvalue weighted by molar-refractivity contribution is -0.122. The molecule has 0 aromatic heterocycles. The number of rotatable bonds is 3. The van der Waals surface area contributed by atoms with Gasteiger partial charge in [-0.3, -0.25) is 14.9 Å². The number of barbiturate groups is 1. The highest BCUT2D eigenvalue weighted by molar-refractivity contribution is 6.39. The van der Waals surface area contributed by atoms with Crippen LogP contribution in [0.3, 0.4) is 0 Å². The van der Waals surface area contributed by atoms with Crippen molar-refractivity contribution in [2.45, 2.75) is 20.8 Å². The highest BCUT2D eigenvalue weighted by Crippen LogP contribution is 2.30. The number of amides is 4. The predicted octanol–water partition coefficient (Wildman–Crippen LogP) is 3.11. The van der Waals surface area contributed by atoms with Crippen molar-refractivity contribution < 1.29 is 19.1 Å². The second-order valence-electron chi connectivity index (χ2n) is 7.90. The number of carbonyl (C=O) groups is 3. The van der Waals surface area contributed by atoms with Gasteiger partial charge in [0.15, 0.2) is 0 Å². The number of aryl methyl sites for hydroxylation is 3. The number of nitrogens with zero attached hydrogens (tertiary/aromatic N) is 2. The fourth-order valence-electron chi connectivity index (χ4n) is 4.16. The molecule has 2 heterocycles. The Balaban J connectivity index is 1.65.